The fourth-order valence-electron chi connectivity index (χ4n) is 2.32. The van der Waals surface area contributed by atoms with Gasteiger partial charge in [0.25, 0.3) is 0 Å². The first-order valence-electron chi connectivity index (χ1n) is 6.90. The summed E-state index contributed by atoms with van der Waals surface area (Å²) in [6.45, 7) is 8.64. The van der Waals surface area contributed by atoms with Crippen molar-refractivity contribution < 1.29 is 4.74 Å². The van der Waals surface area contributed by atoms with Crippen LogP contribution in [0.5, 0.6) is 0 Å². The van der Waals surface area contributed by atoms with E-state index in [0.717, 1.165) is 49.9 Å². The Morgan fingerprint density at radius 3 is 2.85 bits per heavy atom. The van der Waals surface area contributed by atoms with Crippen molar-refractivity contribution in [1.82, 2.24) is 9.88 Å². The van der Waals surface area contributed by atoms with E-state index in [-0.39, 0.29) is 6.04 Å². The van der Waals surface area contributed by atoms with Crippen molar-refractivity contribution >= 4 is 23.0 Å². The average Bonchev–Trinajstić information content (AvgIpc) is 2.39. The molecule has 0 saturated carbocycles. The number of pyridine rings is 1. The number of nitrogens with zero attached hydrogens (tertiary/aromatic N) is 2. The highest BCUT2D eigenvalue weighted by molar-refractivity contribution is 7.80. The van der Waals surface area contributed by atoms with Gasteiger partial charge in [0.2, 0.25) is 0 Å². The molecule has 20 heavy (non-hydrogen) atoms. The van der Waals surface area contributed by atoms with Crippen molar-refractivity contribution in [2.45, 2.75) is 19.9 Å². The number of thiocarbonyl (C=S) groups is 1. The molecule has 1 unspecified atom stereocenters. The number of aryl methyl sites for hydroxylation is 1. The molecule has 0 amide bonds. The van der Waals surface area contributed by atoms with E-state index >= 15 is 0 Å². The average molecular weight is 294 g/mol. The van der Waals surface area contributed by atoms with Crippen LogP contribution in [0.4, 0.5) is 5.82 Å². The maximum atomic E-state index is 5.75. The van der Waals surface area contributed by atoms with Gasteiger partial charge in [0.1, 0.15) is 10.8 Å². The zero-order valence-electron chi connectivity index (χ0n) is 12.1. The summed E-state index contributed by atoms with van der Waals surface area (Å²) in [6.07, 6.45) is 0. The zero-order valence-corrected chi connectivity index (χ0v) is 12.9. The summed E-state index contributed by atoms with van der Waals surface area (Å²) in [5, 5.41) is 3.42. The van der Waals surface area contributed by atoms with E-state index in [2.05, 4.69) is 22.1 Å². The number of hydrogen-bond donors (Lipinski definition) is 2. The van der Waals surface area contributed by atoms with Crippen LogP contribution in [0.1, 0.15) is 18.2 Å². The largest absolute Gasteiger partial charge is 0.389 e. The Hall–Kier alpha value is -1.24. The van der Waals surface area contributed by atoms with E-state index in [9.17, 15) is 0 Å². The molecule has 2 rings (SSSR count). The van der Waals surface area contributed by atoms with Gasteiger partial charge in [0, 0.05) is 31.4 Å². The quantitative estimate of drug-likeness (QED) is 0.795. The molecule has 110 valence electrons. The molecule has 0 aromatic carbocycles. The van der Waals surface area contributed by atoms with Crippen LogP contribution in [0.3, 0.4) is 0 Å². The summed E-state index contributed by atoms with van der Waals surface area (Å²) in [4.78, 5) is 7.27. The van der Waals surface area contributed by atoms with Crippen LogP contribution in [-0.2, 0) is 4.74 Å². The van der Waals surface area contributed by atoms with Gasteiger partial charge < -0.3 is 15.8 Å². The fraction of sp³-hybridized carbons (Fsp3) is 0.571. The first-order chi connectivity index (χ1) is 9.56. The highest BCUT2D eigenvalue weighted by Crippen LogP contribution is 2.15. The van der Waals surface area contributed by atoms with Gasteiger partial charge in [-0.05, 0) is 26.0 Å². The van der Waals surface area contributed by atoms with Crippen molar-refractivity contribution in [3.63, 3.8) is 0 Å². The van der Waals surface area contributed by atoms with E-state index in [4.69, 9.17) is 22.7 Å². The molecule has 0 aliphatic carbocycles. The third-order valence-corrected chi connectivity index (χ3v) is 3.54. The van der Waals surface area contributed by atoms with E-state index in [1.807, 2.05) is 19.1 Å². The Morgan fingerprint density at radius 2 is 2.20 bits per heavy atom. The van der Waals surface area contributed by atoms with Crippen LogP contribution in [0.2, 0.25) is 0 Å². The van der Waals surface area contributed by atoms with E-state index < -0.39 is 0 Å². The monoisotopic (exact) mass is 294 g/mol. The lowest BCUT2D eigenvalue weighted by Gasteiger charge is -2.29. The Morgan fingerprint density at radius 1 is 1.50 bits per heavy atom. The third-order valence-electron chi connectivity index (χ3n) is 3.32. The summed E-state index contributed by atoms with van der Waals surface area (Å²) in [6, 6.07) is 4.12. The van der Waals surface area contributed by atoms with E-state index in [0.29, 0.717) is 4.99 Å². The minimum absolute atomic E-state index is 0.274. The number of nitrogens with two attached hydrogens (primary N) is 1. The summed E-state index contributed by atoms with van der Waals surface area (Å²) in [5.74, 6) is 0.776. The van der Waals surface area contributed by atoms with E-state index in [1.54, 1.807) is 0 Å². The number of rotatable bonds is 5. The second-order valence-corrected chi connectivity index (χ2v) is 5.61. The molecule has 1 aliphatic rings. The SMILES string of the molecule is Cc1ccc(C(N)=S)c(NC(C)CN2CCOCC2)n1. The van der Waals surface area contributed by atoms with Gasteiger partial charge in [-0.25, -0.2) is 4.98 Å². The molecule has 1 fully saturated rings. The van der Waals surface area contributed by atoms with Crippen LogP contribution in [-0.4, -0.2) is 53.8 Å². The molecule has 1 aromatic heterocycles. The summed E-state index contributed by atoms with van der Waals surface area (Å²) in [7, 11) is 0. The molecular formula is C14H22N4OS. The minimum Gasteiger partial charge on any atom is -0.389 e. The van der Waals surface area contributed by atoms with Gasteiger partial charge in [0.05, 0.1) is 18.8 Å². The molecule has 1 atom stereocenters. The number of anilines is 1. The molecule has 1 aromatic rings. The Balaban J connectivity index is 2.00. The first kappa shape index (κ1) is 15.2. The number of ether oxygens (including phenoxy) is 1. The standard InChI is InChI=1S/C14H22N4OS/c1-10-3-4-12(13(15)20)14(16-10)17-11(2)9-18-5-7-19-8-6-18/h3-4,11H,5-9H2,1-2H3,(H2,15,20)(H,16,17). The molecule has 1 saturated heterocycles. The second kappa shape index (κ2) is 6.97. The lowest BCUT2D eigenvalue weighted by atomic mass is 10.2. The number of hydrogen-bond acceptors (Lipinski definition) is 5. The van der Waals surface area contributed by atoms with Crippen LogP contribution in [0.25, 0.3) is 0 Å². The predicted octanol–water partition coefficient (Wildman–Crippen LogP) is 1.16. The maximum Gasteiger partial charge on any atom is 0.136 e. The van der Waals surface area contributed by atoms with Crippen LogP contribution < -0.4 is 11.1 Å². The van der Waals surface area contributed by atoms with Gasteiger partial charge in [-0.3, -0.25) is 4.90 Å². The van der Waals surface area contributed by atoms with Crippen LogP contribution in [0, 0.1) is 6.92 Å². The zero-order chi connectivity index (χ0) is 14.5. The van der Waals surface area contributed by atoms with Crippen LogP contribution in [0.15, 0.2) is 12.1 Å². The second-order valence-electron chi connectivity index (χ2n) is 5.17. The normalized spacial score (nSPS) is 17.7. The third kappa shape index (κ3) is 4.13. The Labute approximate surface area is 125 Å². The van der Waals surface area contributed by atoms with Gasteiger partial charge in [-0.15, -0.1) is 0 Å². The van der Waals surface area contributed by atoms with Crippen molar-refractivity contribution in [2.75, 3.05) is 38.2 Å². The van der Waals surface area contributed by atoms with Crippen LogP contribution >= 0.6 is 12.2 Å². The van der Waals surface area contributed by atoms with Crippen molar-refractivity contribution in [1.29, 1.82) is 0 Å². The molecular weight excluding hydrogens is 272 g/mol. The Bertz CT molecular complexity index is 474. The van der Waals surface area contributed by atoms with Gasteiger partial charge in [-0.1, -0.05) is 12.2 Å². The van der Waals surface area contributed by atoms with Gasteiger partial charge in [0.15, 0.2) is 0 Å². The lowest BCUT2D eigenvalue weighted by molar-refractivity contribution is 0.0368. The molecule has 5 nitrogen and oxygen atoms in total. The van der Waals surface area contributed by atoms with Crippen molar-refractivity contribution in [3.8, 4) is 0 Å². The number of nitrogens with one attached hydrogen (secondary N) is 1. The Kier molecular flexibility index (Phi) is 5.28. The fourth-order valence-corrected chi connectivity index (χ4v) is 2.48. The highest BCUT2D eigenvalue weighted by atomic mass is 32.1. The molecule has 0 bridgehead atoms. The van der Waals surface area contributed by atoms with E-state index in [1.165, 1.54) is 0 Å². The predicted molar refractivity (Wildman–Crippen MR) is 85.2 cm³/mol. The lowest BCUT2D eigenvalue weighted by Crippen LogP contribution is -2.42. The molecule has 6 heteroatoms. The molecule has 0 spiro atoms. The van der Waals surface area contributed by atoms with Gasteiger partial charge in [-0.2, -0.15) is 0 Å². The molecule has 2 heterocycles. The van der Waals surface area contributed by atoms with Crippen molar-refractivity contribution in [3.05, 3.63) is 23.4 Å². The highest BCUT2D eigenvalue weighted by Gasteiger charge is 2.15. The van der Waals surface area contributed by atoms with Gasteiger partial charge >= 0.3 is 0 Å². The van der Waals surface area contributed by atoms with Crippen molar-refractivity contribution in [2.24, 2.45) is 5.73 Å². The molecule has 3 N–H and O–H groups in total. The number of morpholine rings is 1. The minimum atomic E-state index is 0.274. The number of aromatic nitrogens is 1. The topological polar surface area (TPSA) is 63.4 Å². The molecule has 0 radical (unpaired) electrons. The smallest absolute Gasteiger partial charge is 0.136 e. The maximum absolute atomic E-state index is 5.75. The first-order valence-corrected chi connectivity index (χ1v) is 7.31. The summed E-state index contributed by atoms with van der Waals surface area (Å²) < 4.78 is 5.36. The summed E-state index contributed by atoms with van der Waals surface area (Å²) >= 11 is 5.08. The molecule has 1 aliphatic heterocycles. The summed E-state index contributed by atoms with van der Waals surface area (Å²) in [5.41, 5.74) is 7.50.